The number of carbonyl (C=O) groups is 2. The van der Waals surface area contributed by atoms with Crippen LogP contribution < -0.4 is 10.2 Å². The molecule has 1 spiro atoms. The summed E-state index contributed by atoms with van der Waals surface area (Å²) < 4.78 is 14.5. The minimum absolute atomic E-state index is 0.0870. The van der Waals surface area contributed by atoms with Gasteiger partial charge in [-0.15, -0.1) is 0 Å². The third-order valence-electron chi connectivity index (χ3n) is 5.63. The van der Waals surface area contributed by atoms with Gasteiger partial charge in [0.25, 0.3) is 0 Å². The summed E-state index contributed by atoms with van der Waals surface area (Å²) >= 11 is 5.21. The van der Waals surface area contributed by atoms with Gasteiger partial charge in [-0.25, -0.2) is 4.39 Å². The number of fused-ring (bicyclic) bond motifs is 4. The molecule has 2 fully saturated rings. The Kier molecular flexibility index (Phi) is 3.79. The van der Waals surface area contributed by atoms with Crippen LogP contribution in [0, 0.1) is 11.2 Å². The minimum Gasteiger partial charge on any atom is -0.367 e. The highest BCUT2D eigenvalue weighted by molar-refractivity contribution is 7.80. The molecule has 3 aliphatic rings. The Morgan fingerprint density at radius 3 is 2.96 bits per heavy atom. The number of amides is 2. The van der Waals surface area contributed by atoms with Gasteiger partial charge >= 0.3 is 0 Å². The largest absolute Gasteiger partial charge is 0.367 e. The zero-order chi connectivity index (χ0) is 17.8. The molecule has 3 heterocycles. The molecule has 3 aliphatic heterocycles. The van der Waals surface area contributed by atoms with Crippen LogP contribution in [-0.4, -0.2) is 41.0 Å². The van der Waals surface area contributed by atoms with Gasteiger partial charge < -0.3 is 10.2 Å². The van der Waals surface area contributed by atoms with Crippen molar-refractivity contribution >= 4 is 34.8 Å². The van der Waals surface area contributed by atoms with Crippen LogP contribution in [0.4, 0.5) is 10.1 Å². The van der Waals surface area contributed by atoms with Crippen molar-refractivity contribution in [3.63, 3.8) is 0 Å². The molecule has 25 heavy (non-hydrogen) atoms. The van der Waals surface area contributed by atoms with Gasteiger partial charge in [-0.2, -0.15) is 0 Å². The predicted octanol–water partition coefficient (Wildman–Crippen LogP) is 1.99. The maximum atomic E-state index is 14.5. The number of halogens is 1. The highest BCUT2D eigenvalue weighted by Gasteiger charge is 2.62. The van der Waals surface area contributed by atoms with Crippen molar-refractivity contribution in [2.45, 2.75) is 38.6 Å². The fourth-order valence-electron chi connectivity index (χ4n) is 4.54. The van der Waals surface area contributed by atoms with Crippen molar-refractivity contribution in [3.05, 3.63) is 29.6 Å². The molecular formula is C18H20FN3O2S. The first kappa shape index (κ1) is 16.4. The SMILES string of the molecule is CCCN1C(=O)[C@]2(Cc3c(F)cccc3N3CCC[C@H]32)C(=O)NC1=S. The van der Waals surface area contributed by atoms with Gasteiger partial charge in [0.05, 0.1) is 6.04 Å². The molecule has 1 aromatic carbocycles. The van der Waals surface area contributed by atoms with E-state index >= 15 is 0 Å². The molecule has 1 N–H and O–H groups in total. The second-order valence-electron chi connectivity index (χ2n) is 6.95. The van der Waals surface area contributed by atoms with Crippen LogP contribution in [0.2, 0.25) is 0 Å². The molecule has 1 aromatic rings. The van der Waals surface area contributed by atoms with E-state index in [2.05, 4.69) is 5.32 Å². The van der Waals surface area contributed by atoms with Gasteiger partial charge in [0, 0.05) is 30.8 Å². The van der Waals surface area contributed by atoms with Crippen molar-refractivity contribution in [2.24, 2.45) is 5.41 Å². The van der Waals surface area contributed by atoms with E-state index in [0.717, 1.165) is 31.5 Å². The Morgan fingerprint density at radius 1 is 1.40 bits per heavy atom. The predicted molar refractivity (Wildman–Crippen MR) is 95.6 cm³/mol. The number of rotatable bonds is 2. The molecule has 0 aromatic heterocycles. The summed E-state index contributed by atoms with van der Waals surface area (Å²) in [5.41, 5.74) is -0.0410. The second-order valence-corrected chi connectivity index (χ2v) is 7.34. The molecule has 5 nitrogen and oxygen atoms in total. The molecule has 2 saturated heterocycles. The van der Waals surface area contributed by atoms with Gasteiger partial charge in [0.1, 0.15) is 5.82 Å². The number of anilines is 1. The first-order valence-corrected chi connectivity index (χ1v) is 9.13. The maximum absolute atomic E-state index is 14.5. The number of thiocarbonyl (C=S) groups is 1. The van der Waals surface area contributed by atoms with Crippen molar-refractivity contribution in [1.29, 1.82) is 0 Å². The normalized spacial score (nSPS) is 28.2. The highest BCUT2D eigenvalue weighted by Crippen LogP contribution is 2.48. The third kappa shape index (κ3) is 2.14. The van der Waals surface area contributed by atoms with Crippen molar-refractivity contribution < 1.29 is 14.0 Å². The molecule has 0 unspecified atom stereocenters. The maximum Gasteiger partial charge on any atom is 0.246 e. The summed E-state index contributed by atoms with van der Waals surface area (Å²) in [6, 6.07) is 4.70. The summed E-state index contributed by atoms with van der Waals surface area (Å²) in [7, 11) is 0. The molecule has 0 aliphatic carbocycles. The lowest BCUT2D eigenvalue weighted by molar-refractivity contribution is -0.152. The lowest BCUT2D eigenvalue weighted by atomic mass is 9.68. The highest BCUT2D eigenvalue weighted by atomic mass is 32.1. The Hall–Kier alpha value is -2.02. The summed E-state index contributed by atoms with van der Waals surface area (Å²) in [5.74, 6) is -1.03. The standard InChI is InChI=1S/C18H20FN3O2S/c1-2-8-22-16(24)18(15(23)20-17(22)25)10-11-12(19)5-3-6-13(11)21-9-4-7-14(18)21/h3,5-6,14H,2,4,7-10H2,1H3,(H,20,23,25)/t14-,18-/m0/s1. The number of carbonyl (C=O) groups excluding carboxylic acids is 2. The van der Waals surface area contributed by atoms with E-state index < -0.39 is 5.41 Å². The average molecular weight is 361 g/mol. The molecular weight excluding hydrogens is 341 g/mol. The molecule has 2 atom stereocenters. The van der Waals surface area contributed by atoms with Crippen LogP contribution in [0.5, 0.6) is 0 Å². The fourth-order valence-corrected chi connectivity index (χ4v) is 4.81. The summed E-state index contributed by atoms with van der Waals surface area (Å²) in [6.45, 7) is 3.13. The third-order valence-corrected chi connectivity index (χ3v) is 5.95. The van der Waals surface area contributed by atoms with Crippen molar-refractivity contribution in [1.82, 2.24) is 10.2 Å². The summed E-state index contributed by atoms with van der Waals surface area (Å²) in [6.07, 6.45) is 2.43. The average Bonchev–Trinajstić information content (AvgIpc) is 3.08. The van der Waals surface area contributed by atoms with E-state index in [1.54, 1.807) is 6.07 Å². The fraction of sp³-hybridized carbons (Fsp3) is 0.500. The molecule has 132 valence electrons. The van der Waals surface area contributed by atoms with E-state index in [4.69, 9.17) is 12.2 Å². The molecule has 2 amide bonds. The van der Waals surface area contributed by atoms with E-state index in [9.17, 15) is 14.0 Å². The Morgan fingerprint density at radius 2 is 2.20 bits per heavy atom. The number of benzene rings is 1. The number of hydrogen-bond acceptors (Lipinski definition) is 4. The molecule has 0 saturated carbocycles. The van der Waals surface area contributed by atoms with E-state index in [1.165, 1.54) is 11.0 Å². The molecule has 0 radical (unpaired) electrons. The van der Waals surface area contributed by atoms with E-state index in [-0.39, 0.29) is 35.2 Å². The van der Waals surface area contributed by atoms with Crippen LogP contribution >= 0.6 is 12.2 Å². The van der Waals surface area contributed by atoms with Gasteiger partial charge in [0.2, 0.25) is 11.8 Å². The van der Waals surface area contributed by atoms with Gasteiger partial charge in [-0.1, -0.05) is 13.0 Å². The van der Waals surface area contributed by atoms with E-state index in [0.29, 0.717) is 12.1 Å². The minimum atomic E-state index is -1.30. The van der Waals surface area contributed by atoms with Crippen LogP contribution in [0.25, 0.3) is 0 Å². The zero-order valence-corrected chi connectivity index (χ0v) is 14.9. The Bertz CT molecular complexity index is 784. The van der Waals surface area contributed by atoms with Crippen LogP contribution in [0.15, 0.2) is 18.2 Å². The number of hydrogen-bond donors (Lipinski definition) is 1. The van der Waals surface area contributed by atoms with Crippen molar-refractivity contribution in [3.8, 4) is 0 Å². The molecule has 7 heteroatoms. The van der Waals surface area contributed by atoms with Gasteiger partial charge in [-0.05, 0) is 43.6 Å². The van der Waals surface area contributed by atoms with E-state index in [1.807, 2.05) is 17.9 Å². The molecule has 0 bridgehead atoms. The number of nitrogens with zero attached hydrogens (tertiary/aromatic N) is 2. The Labute approximate surface area is 151 Å². The van der Waals surface area contributed by atoms with Crippen LogP contribution in [0.3, 0.4) is 0 Å². The first-order valence-electron chi connectivity index (χ1n) is 8.72. The monoisotopic (exact) mass is 361 g/mol. The number of nitrogens with one attached hydrogen (secondary N) is 1. The summed E-state index contributed by atoms with van der Waals surface area (Å²) in [5, 5.41) is 2.88. The van der Waals surface area contributed by atoms with Crippen molar-refractivity contribution in [2.75, 3.05) is 18.0 Å². The summed E-state index contributed by atoms with van der Waals surface area (Å²) in [4.78, 5) is 29.9. The quantitative estimate of drug-likeness (QED) is 0.647. The molecule has 4 rings (SSSR count). The lowest BCUT2D eigenvalue weighted by Crippen LogP contribution is -2.71. The van der Waals surface area contributed by atoms with Gasteiger partial charge in [-0.3, -0.25) is 14.5 Å². The first-order chi connectivity index (χ1) is 12.0. The second kappa shape index (κ2) is 5.76. The Balaban J connectivity index is 1.88. The lowest BCUT2D eigenvalue weighted by Gasteiger charge is -2.50. The topological polar surface area (TPSA) is 52.7 Å². The van der Waals surface area contributed by atoms with Gasteiger partial charge in [0.15, 0.2) is 10.5 Å². The van der Waals surface area contributed by atoms with Crippen LogP contribution in [-0.2, 0) is 16.0 Å². The smallest absolute Gasteiger partial charge is 0.246 e. The zero-order valence-electron chi connectivity index (χ0n) is 14.0. The van der Waals surface area contributed by atoms with Crippen LogP contribution in [0.1, 0.15) is 31.7 Å².